The number of esters is 2. The SMILES string of the molecule is C=C(C)C(=O)OC(C)OC(=O)/C=C/c1ccc(OC)c(OC)c1. The Kier molecular flexibility index (Phi) is 6.86. The number of carbonyl (C=O) groups excluding carboxylic acids is 2. The largest absolute Gasteiger partial charge is 0.493 e. The monoisotopic (exact) mass is 320 g/mol. The van der Waals surface area contributed by atoms with Gasteiger partial charge < -0.3 is 18.9 Å². The van der Waals surface area contributed by atoms with E-state index in [1.807, 2.05) is 0 Å². The molecule has 1 aromatic rings. The van der Waals surface area contributed by atoms with Crippen LogP contribution in [0.5, 0.6) is 11.5 Å². The van der Waals surface area contributed by atoms with Gasteiger partial charge in [-0.2, -0.15) is 0 Å². The first kappa shape index (κ1) is 18.3. The number of hydrogen-bond acceptors (Lipinski definition) is 6. The Morgan fingerprint density at radius 3 is 2.35 bits per heavy atom. The number of benzene rings is 1. The van der Waals surface area contributed by atoms with Crippen LogP contribution in [0, 0.1) is 0 Å². The van der Waals surface area contributed by atoms with E-state index < -0.39 is 18.2 Å². The molecule has 0 N–H and O–H groups in total. The number of carbonyl (C=O) groups is 2. The van der Waals surface area contributed by atoms with Gasteiger partial charge in [-0.05, 0) is 30.7 Å². The van der Waals surface area contributed by atoms with Crippen molar-refractivity contribution < 1.29 is 28.5 Å². The molecule has 6 heteroatoms. The van der Waals surface area contributed by atoms with E-state index in [1.54, 1.807) is 31.4 Å². The van der Waals surface area contributed by atoms with Crippen molar-refractivity contribution in [1.82, 2.24) is 0 Å². The van der Waals surface area contributed by atoms with Gasteiger partial charge in [0.2, 0.25) is 6.29 Å². The summed E-state index contributed by atoms with van der Waals surface area (Å²) >= 11 is 0. The molecule has 23 heavy (non-hydrogen) atoms. The van der Waals surface area contributed by atoms with E-state index in [-0.39, 0.29) is 5.57 Å². The molecule has 124 valence electrons. The Balaban J connectivity index is 2.65. The zero-order valence-corrected chi connectivity index (χ0v) is 13.6. The highest BCUT2D eigenvalue weighted by atomic mass is 16.7. The summed E-state index contributed by atoms with van der Waals surface area (Å²) in [6.45, 7) is 6.40. The minimum atomic E-state index is -0.998. The van der Waals surface area contributed by atoms with Crippen LogP contribution in [-0.4, -0.2) is 32.4 Å². The highest BCUT2D eigenvalue weighted by molar-refractivity contribution is 5.88. The van der Waals surface area contributed by atoms with E-state index in [0.29, 0.717) is 11.5 Å². The van der Waals surface area contributed by atoms with Crippen LogP contribution >= 0.6 is 0 Å². The molecule has 1 rings (SSSR count). The molecule has 0 aliphatic carbocycles. The molecule has 0 aliphatic rings. The molecule has 0 heterocycles. The smallest absolute Gasteiger partial charge is 0.336 e. The molecule has 0 radical (unpaired) electrons. The van der Waals surface area contributed by atoms with Crippen molar-refractivity contribution in [1.29, 1.82) is 0 Å². The van der Waals surface area contributed by atoms with Crippen LogP contribution in [0.4, 0.5) is 0 Å². The zero-order chi connectivity index (χ0) is 17.4. The molecule has 0 fully saturated rings. The van der Waals surface area contributed by atoms with Gasteiger partial charge in [-0.1, -0.05) is 12.6 Å². The quantitative estimate of drug-likeness (QED) is 0.437. The van der Waals surface area contributed by atoms with Crippen molar-refractivity contribution in [3.05, 3.63) is 42.0 Å². The maximum atomic E-state index is 11.7. The Morgan fingerprint density at radius 1 is 1.13 bits per heavy atom. The van der Waals surface area contributed by atoms with Crippen LogP contribution in [-0.2, 0) is 19.1 Å². The van der Waals surface area contributed by atoms with Crippen molar-refractivity contribution in [2.75, 3.05) is 14.2 Å². The summed E-state index contributed by atoms with van der Waals surface area (Å²) < 4.78 is 20.1. The highest BCUT2D eigenvalue weighted by Gasteiger charge is 2.13. The summed E-state index contributed by atoms with van der Waals surface area (Å²) in [5, 5.41) is 0. The summed E-state index contributed by atoms with van der Waals surface area (Å²) in [6, 6.07) is 5.20. The lowest BCUT2D eigenvalue weighted by molar-refractivity contribution is -0.177. The van der Waals surface area contributed by atoms with Crippen molar-refractivity contribution >= 4 is 18.0 Å². The van der Waals surface area contributed by atoms with Gasteiger partial charge in [0, 0.05) is 18.6 Å². The normalized spacial score (nSPS) is 11.7. The average molecular weight is 320 g/mol. The van der Waals surface area contributed by atoms with Gasteiger partial charge in [0.1, 0.15) is 0 Å². The van der Waals surface area contributed by atoms with Crippen LogP contribution in [0.1, 0.15) is 19.4 Å². The van der Waals surface area contributed by atoms with Crippen LogP contribution in [0.15, 0.2) is 36.4 Å². The van der Waals surface area contributed by atoms with Gasteiger partial charge in [0.15, 0.2) is 11.5 Å². The topological polar surface area (TPSA) is 71.1 Å². The number of rotatable bonds is 7. The average Bonchev–Trinajstić information content (AvgIpc) is 2.52. The third kappa shape index (κ3) is 5.86. The minimum Gasteiger partial charge on any atom is -0.493 e. The summed E-state index contributed by atoms with van der Waals surface area (Å²) in [6.07, 6.45) is 1.78. The van der Waals surface area contributed by atoms with Crippen molar-refractivity contribution in [2.45, 2.75) is 20.1 Å². The van der Waals surface area contributed by atoms with E-state index in [2.05, 4.69) is 6.58 Å². The summed E-state index contributed by atoms with van der Waals surface area (Å²) in [7, 11) is 3.07. The second-order valence-electron chi connectivity index (χ2n) is 4.64. The lowest BCUT2D eigenvalue weighted by Gasteiger charge is -2.12. The van der Waals surface area contributed by atoms with E-state index >= 15 is 0 Å². The first-order valence-corrected chi connectivity index (χ1v) is 6.84. The Labute approximate surface area is 135 Å². The molecule has 0 bridgehead atoms. The Hall–Kier alpha value is -2.76. The van der Waals surface area contributed by atoms with Crippen LogP contribution in [0.3, 0.4) is 0 Å². The predicted octanol–water partition coefficient (Wildman–Crippen LogP) is 2.73. The predicted molar refractivity (Wildman–Crippen MR) is 85.0 cm³/mol. The Bertz CT molecular complexity index is 618. The molecule has 0 aliphatic heterocycles. The zero-order valence-electron chi connectivity index (χ0n) is 13.6. The molecule has 0 aromatic heterocycles. The fraction of sp³-hybridized carbons (Fsp3) is 0.294. The second kappa shape index (κ2) is 8.63. The standard InChI is InChI=1S/C17H20O6/c1-11(2)17(19)23-12(3)22-16(18)9-7-13-6-8-14(20-4)15(10-13)21-5/h6-10,12H,1H2,2-5H3/b9-7+. The van der Waals surface area contributed by atoms with Gasteiger partial charge in [0.05, 0.1) is 14.2 Å². The molecule has 0 saturated heterocycles. The van der Waals surface area contributed by atoms with Gasteiger partial charge in [0.25, 0.3) is 0 Å². The fourth-order valence-corrected chi connectivity index (χ4v) is 1.60. The van der Waals surface area contributed by atoms with Gasteiger partial charge >= 0.3 is 11.9 Å². The van der Waals surface area contributed by atoms with Gasteiger partial charge in [-0.3, -0.25) is 0 Å². The fourth-order valence-electron chi connectivity index (χ4n) is 1.60. The molecular weight excluding hydrogens is 300 g/mol. The number of methoxy groups -OCH3 is 2. The van der Waals surface area contributed by atoms with Crippen LogP contribution in [0.25, 0.3) is 6.08 Å². The lowest BCUT2D eigenvalue weighted by Crippen LogP contribution is -2.20. The van der Waals surface area contributed by atoms with Crippen LogP contribution in [0.2, 0.25) is 0 Å². The number of hydrogen-bond donors (Lipinski definition) is 0. The summed E-state index contributed by atoms with van der Waals surface area (Å²) in [5.41, 5.74) is 0.958. The third-order valence-corrected chi connectivity index (χ3v) is 2.72. The molecule has 1 atom stereocenters. The van der Waals surface area contributed by atoms with Crippen molar-refractivity contribution in [2.24, 2.45) is 0 Å². The molecule has 0 spiro atoms. The van der Waals surface area contributed by atoms with Crippen LogP contribution < -0.4 is 9.47 Å². The molecule has 1 aromatic carbocycles. The minimum absolute atomic E-state index is 0.230. The lowest BCUT2D eigenvalue weighted by atomic mass is 10.2. The van der Waals surface area contributed by atoms with Gasteiger partial charge in [-0.25, -0.2) is 9.59 Å². The highest BCUT2D eigenvalue weighted by Crippen LogP contribution is 2.27. The van der Waals surface area contributed by atoms with E-state index in [0.717, 1.165) is 5.56 Å². The first-order valence-electron chi connectivity index (χ1n) is 6.84. The molecular formula is C17H20O6. The number of ether oxygens (including phenoxy) is 4. The third-order valence-electron chi connectivity index (χ3n) is 2.72. The van der Waals surface area contributed by atoms with Gasteiger partial charge in [-0.15, -0.1) is 0 Å². The van der Waals surface area contributed by atoms with E-state index in [9.17, 15) is 9.59 Å². The maximum Gasteiger partial charge on any atom is 0.336 e. The molecule has 1 unspecified atom stereocenters. The molecule has 0 amide bonds. The summed E-state index contributed by atoms with van der Waals surface area (Å²) in [5.74, 6) is -0.115. The maximum absolute atomic E-state index is 11.7. The second-order valence-corrected chi connectivity index (χ2v) is 4.64. The summed E-state index contributed by atoms with van der Waals surface area (Å²) in [4.78, 5) is 23.0. The van der Waals surface area contributed by atoms with E-state index in [4.69, 9.17) is 18.9 Å². The van der Waals surface area contributed by atoms with E-state index in [1.165, 1.54) is 27.0 Å². The van der Waals surface area contributed by atoms with Crippen molar-refractivity contribution in [3.63, 3.8) is 0 Å². The molecule has 0 saturated carbocycles. The first-order chi connectivity index (χ1) is 10.9. The Morgan fingerprint density at radius 2 is 1.78 bits per heavy atom. The van der Waals surface area contributed by atoms with Crippen molar-refractivity contribution in [3.8, 4) is 11.5 Å². The molecule has 6 nitrogen and oxygen atoms in total.